The lowest BCUT2D eigenvalue weighted by molar-refractivity contribution is 0.581. The molecule has 0 aliphatic carbocycles. The van der Waals surface area contributed by atoms with Crippen LogP contribution in [0.15, 0.2) is 17.0 Å². The molecule has 0 unspecified atom stereocenters. The molecule has 0 spiro atoms. The van der Waals surface area contributed by atoms with Crippen LogP contribution in [0.2, 0.25) is 0 Å². The molecule has 1 aromatic rings. The van der Waals surface area contributed by atoms with Crippen molar-refractivity contribution in [3.63, 3.8) is 0 Å². The van der Waals surface area contributed by atoms with Gasteiger partial charge in [0, 0.05) is 18.5 Å². The van der Waals surface area contributed by atoms with E-state index in [-0.39, 0.29) is 17.2 Å². The Morgan fingerprint density at radius 1 is 1.10 bits per heavy atom. The topological polar surface area (TPSA) is 106 Å². The molecule has 8 heteroatoms. The van der Waals surface area contributed by atoms with Gasteiger partial charge in [0.05, 0.1) is 10.6 Å². The summed E-state index contributed by atoms with van der Waals surface area (Å²) >= 11 is 0. The molecule has 0 atom stereocenters. The van der Waals surface area contributed by atoms with Crippen LogP contribution in [0, 0.1) is 0 Å². The minimum atomic E-state index is -3.78. The summed E-state index contributed by atoms with van der Waals surface area (Å²) in [6, 6.07) is 3.37. The fourth-order valence-corrected chi connectivity index (χ4v) is 4.01. The molecule has 0 aromatic heterocycles. The minimum absolute atomic E-state index is 0.135. The first-order valence-corrected chi connectivity index (χ1v) is 10.2. The predicted molar refractivity (Wildman–Crippen MR) is 84.5 cm³/mol. The third kappa shape index (κ3) is 4.98. The SMILES string of the molecule is CCc1cc(N)c(CC)c(S(=O)(=O)NCCS(C)(=O)=O)c1. The van der Waals surface area contributed by atoms with Crippen LogP contribution in [0.25, 0.3) is 0 Å². The predicted octanol–water partition coefficient (Wildman–Crippen LogP) is 0.717. The van der Waals surface area contributed by atoms with Crippen LogP contribution in [-0.2, 0) is 32.7 Å². The molecule has 6 nitrogen and oxygen atoms in total. The summed E-state index contributed by atoms with van der Waals surface area (Å²) in [5, 5.41) is 0. The Bertz CT molecular complexity index is 710. The largest absolute Gasteiger partial charge is 0.398 e. The second-order valence-corrected chi connectivity index (χ2v) is 8.89. The average molecular weight is 334 g/mol. The lowest BCUT2D eigenvalue weighted by Gasteiger charge is -2.14. The van der Waals surface area contributed by atoms with Gasteiger partial charge in [0.2, 0.25) is 10.0 Å². The fourth-order valence-electron chi connectivity index (χ4n) is 1.99. The lowest BCUT2D eigenvalue weighted by atomic mass is 10.1. The zero-order chi connectivity index (χ0) is 16.3. The van der Waals surface area contributed by atoms with Gasteiger partial charge in [-0.15, -0.1) is 0 Å². The maximum Gasteiger partial charge on any atom is 0.240 e. The highest BCUT2D eigenvalue weighted by molar-refractivity contribution is 7.91. The van der Waals surface area contributed by atoms with E-state index in [4.69, 9.17) is 5.73 Å². The van der Waals surface area contributed by atoms with Crippen LogP contribution in [0.4, 0.5) is 5.69 Å². The first-order valence-electron chi connectivity index (χ1n) is 6.69. The van der Waals surface area contributed by atoms with Crippen molar-refractivity contribution in [2.24, 2.45) is 0 Å². The van der Waals surface area contributed by atoms with Crippen molar-refractivity contribution in [1.82, 2.24) is 4.72 Å². The highest BCUT2D eigenvalue weighted by Gasteiger charge is 2.20. The van der Waals surface area contributed by atoms with E-state index in [1.54, 1.807) is 12.1 Å². The molecule has 0 amide bonds. The number of hydrogen-bond donors (Lipinski definition) is 2. The molecule has 1 rings (SSSR count). The van der Waals surface area contributed by atoms with E-state index in [1.807, 2.05) is 13.8 Å². The van der Waals surface area contributed by atoms with Gasteiger partial charge in [0.15, 0.2) is 0 Å². The number of nitrogen functional groups attached to an aromatic ring is 1. The number of rotatable bonds is 7. The highest BCUT2D eigenvalue weighted by atomic mass is 32.2. The summed E-state index contributed by atoms with van der Waals surface area (Å²) in [6.07, 6.45) is 2.21. The van der Waals surface area contributed by atoms with Crippen LogP contribution in [-0.4, -0.2) is 35.4 Å². The van der Waals surface area contributed by atoms with Gasteiger partial charge in [0.25, 0.3) is 0 Å². The Labute approximate surface area is 126 Å². The van der Waals surface area contributed by atoms with E-state index in [9.17, 15) is 16.8 Å². The molecule has 0 aliphatic rings. The van der Waals surface area contributed by atoms with E-state index in [1.165, 1.54) is 0 Å². The third-order valence-corrected chi connectivity index (χ3v) is 5.59. The molecule has 0 radical (unpaired) electrons. The van der Waals surface area contributed by atoms with E-state index >= 15 is 0 Å². The van der Waals surface area contributed by atoms with Crippen molar-refractivity contribution in [3.05, 3.63) is 23.3 Å². The van der Waals surface area contributed by atoms with Crippen molar-refractivity contribution < 1.29 is 16.8 Å². The van der Waals surface area contributed by atoms with Crippen molar-refractivity contribution >= 4 is 25.5 Å². The van der Waals surface area contributed by atoms with Crippen molar-refractivity contribution in [2.75, 3.05) is 24.3 Å². The molecule has 0 bridgehead atoms. The Morgan fingerprint density at radius 2 is 1.71 bits per heavy atom. The molecule has 21 heavy (non-hydrogen) atoms. The Balaban J connectivity index is 3.15. The third-order valence-electron chi connectivity index (χ3n) is 3.12. The van der Waals surface area contributed by atoms with E-state index in [2.05, 4.69) is 4.72 Å². The first kappa shape index (κ1) is 17.9. The standard InChI is InChI=1S/C13H22N2O4S2/c1-4-10-8-12(14)11(5-2)13(9-10)21(18,19)15-6-7-20(3,16)17/h8-9,15H,4-7,14H2,1-3H3. The smallest absolute Gasteiger partial charge is 0.240 e. The minimum Gasteiger partial charge on any atom is -0.398 e. The zero-order valence-corrected chi connectivity index (χ0v) is 14.1. The average Bonchev–Trinajstić information content (AvgIpc) is 2.35. The maximum atomic E-state index is 12.4. The molecule has 120 valence electrons. The molecule has 0 fully saturated rings. The van der Waals surface area contributed by atoms with Gasteiger partial charge in [-0.1, -0.05) is 13.8 Å². The van der Waals surface area contributed by atoms with Gasteiger partial charge in [-0.25, -0.2) is 21.6 Å². The van der Waals surface area contributed by atoms with E-state index in [0.717, 1.165) is 11.8 Å². The number of aryl methyl sites for hydroxylation is 1. The number of nitrogens with two attached hydrogens (primary N) is 1. The first-order chi connectivity index (χ1) is 9.60. The van der Waals surface area contributed by atoms with E-state index < -0.39 is 19.9 Å². The van der Waals surface area contributed by atoms with Gasteiger partial charge in [0.1, 0.15) is 9.84 Å². The summed E-state index contributed by atoms with van der Waals surface area (Å²) in [4.78, 5) is 0.135. The second kappa shape index (κ2) is 6.76. The summed E-state index contributed by atoms with van der Waals surface area (Å²) in [5.41, 5.74) is 7.74. The fraction of sp³-hybridized carbons (Fsp3) is 0.538. The van der Waals surface area contributed by atoms with Crippen LogP contribution >= 0.6 is 0 Å². The van der Waals surface area contributed by atoms with Crippen LogP contribution in [0.1, 0.15) is 25.0 Å². The number of anilines is 1. The quantitative estimate of drug-likeness (QED) is 0.715. The van der Waals surface area contributed by atoms with Crippen molar-refractivity contribution in [1.29, 1.82) is 0 Å². The second-order valence-electron chi connectivity index (χ2n) is 4.90. The molecule has 0 saturated carbocycles. The molecule has 0 aliphatic heterocycles. The number of sulfone groups is 1. The monoisotopic (exact) mass is 334 g/mol. The Kier molecular flexibility index (Phi) is 5.77. The normalized spacial score (nSPS) is 12.5. The van der Waals surface area contributed by atoms with Gasteiger partial charge in [-0.3, -0.25) is 0 Å². The summed E-state index contributed by atoms with van der Waals surface area (Å²) in [7, 11) is -6.99. The number of sulfonamides is 1. The molecule has 3 N–H and O–H groups in total. The molecule has 0 heterocycles. The van der Waals surface area contributed by atoms with Crippen molar-refractivity contribution in [3.8, 4) is 0 Å². The van der Waals surface area contributed by atoms with Gasteiger partial charge in [-0.05, 0) is 36.1 Å². The number of hydrogen-bond acceptors (Lipinski definition) is 5. The van der Waals surface area contributed by atoms with Crippen LogP contribution < -0.4 is 10.5 Å². The Morgan fingerprint density at radius 3 is 2.19 bits per heavy atom. The highest BCUT2D eigenvalue weighted by Crippen LogP contribution is 2.25. The molecular weight excluding hydrogens is 312 g/mol. The summed E-state index contributed by atoms with van der Waals surface area (Å²) < 4.78 is 49.2. The van der Waals surface area contributed by atoms with Crippen molar-refractivity contribution in [2.45, 2.75) is 31.6 Å². The number of nitrogens with one attached hydrogen (secondary N) is 1. The van der Waals surface area contributed by atoms with Gasteiger partial charge >= 0.3 is 0 Å². The molecular formula is C13H22N2O4S2. The maximum absolute atomic E-state index is 12.4. The van der Waals surface area contributed by atoms with Gasteiger partial charge in [-0.2, -0.15) is 0 Å². The summed E-state index contributed by atoms with van der Waals surface area (Å²) in [6.45, 7) is 3.58. The molecule has 0 saturated heterocycles. The Hall–Kier alpha value is -1.12. The molecule has 1 aromatic carbocycles. The van der Waals surface area contributed by atoms with Crippen LogP contribution in [0.5, 0.6) is 0 Å². The summed E-state index contributed by atoms with van der Waals surface area (Å²) in [5.74, 6) is -0.239. The lowest BCUT2D eigenvalue weighted by Crippen LogP contribution is -2.30. The van der Waals surface area contributed by atoms with E-state index in [0.29, 0.717) is 24.1 Å². The van der Waals surface area contributed by atoms with Gasteiger partial charge < -0.3 is 5.73 Å². The number of benzene rings is 1. The van der Waals surface area contributed by atoms with Crippen LogP contribution in [0.3, 0.4) is 0 Å². The zero-order valence-electron chi connectivity index (χ0n) is 12.5.